The fraction of sp³-hybridized carbons (Fsp3) is 0.571. The predicted molar refractivity (Wildman–Crippen MR) is 73.1 cm³/mol. The zero-order chi connectivity index (χ0) is 12.3. The SMILES string of the molecule is Cc1ccc(C(O)CSC(C)(C)C)c(C)c1. The molecule has 0 saturated carbocycles. The summed E-state index contributed by atoms with van der Waals surface area (Å²) in [5.74, 6) is 0.757. The fourth-order valence-corrected chi connectivity index (χ4v) is 2.46. The highest BCUT2D eigenvalue weighted by Gasteiger charge is 2.16. The first-order valence-corrected chi connectivity index (χ1v) is 6.67. The van der Waals surface area contributed by atoms with E-state index in [9.17, 15) is 5.11 Å². The van der Waals surface area contributed by atoms with Crippen LogP contribution in [-0.4, -0.2) is 15.6 Å². The van der Waals surface area contributed by atoms with E-state index in [0.29, 0.717) is 0 Å². The molecule has 0 aliphatic carbocycles. The van der Waals surface area contributed by atoms with E-state index < -0.39 is 0 Å². The molecule has 0 bridgehead atoms. The molecule has 90 valence electrons. The van der Waals surface area contributed by atoms with Crippen molar-refractivity contribution in [1.29, 1.82) is 0 Å². The summed E-state index contributed by atoms with van der Waals surface area (Å²) in [6.07, 6.45) is -0.357. The van der Waals surface area contributed by atoms with E-state index in [1.807, 2.05) is 6.07 Å². The van der Waals surface area contributed by atoms with Crippen LogP contribution in [0.4, 0.5) is 0 Å². The molecule has 0 saturated heterocycles. The van der Waals surface area contributed by atoms with Gasteiger partial charge in [-0.1, -0.05) is 44.5 Å². The Bertz CT molecular complexity index is 352. The number of benzene rings is 1. The van der Waals surface area contributed by atoms with Gasteiger partial charge in [-0.3, -0.25) is 0 Å². The molecule has 0 aliphatic rings. The van der Waals surface area contributed by atoms with Gasteiger partial charge in [0.25, 0.3) is 0 Å². The van der Waals surface area contributed by atoms with Crippen LogP contribution in [0.2, 0.25) is 0 Å². The quantitative estimate of drug-likeness (QED) is 0.862. The molecular weight excluding hydrogens is 216 g/mol. The van der Waals surface area contributed by atoms with Crippen LogP contribution >= 0.6 is 11.8 Å². The smallest absolute Gasteiger partial charge is 0.0883 e. The van der Waals surface area contributed by atoms with Crippen LogP contribution in [0.3, 0.4) is 0 Å². The van der Waals surface area contributed by atoms with E-state index in [1.165, 1.54) is 11.1 Å². The molecule has 0 spiro atoms. The molecule has 0 aliphatic heterocycles. The molecule has 1 nitrogen and oxygen atoms in total. The van der Waals surface area contributed by atoms with Crippen molar-refractivity contribution in [1.82, 2.24) is 0 Å². The predicted octanol–water partition coefficient (Wildman–Crippen LogP) is 3.87. The Morgan fingerprint density at radius 1 is 1.25 bits per heavy atom. The van der Waals surface area contributed by atoms with Crippen LogP contribution in [0.5, 0.6) is 0 Å². The minimum absolute atomic E-state index is 0.208. The summed E-state index contributed by atoms with van der Waals surface area (Å²) in [5.41, 5.74) is 3.49. The van der Waals surface area contributed by atoms with E-state index in [1.54, 1.807) is 11.8 Å². The van der Waals surface area contributed by atoms with Gasteiger partial charge in [-0.15, -0.1) is 0 Å². The summed E-state index contributed by atoms with van der Waals surface area (Å²) in [7, 11) is 0. The Morgan fingerprint density at radius 2 is 1.88 bits per heavy atom. The van der Waals surface area contributed by atoms with Crippen molar-refractivity contribution in [3.8, 4) is 0 Å². The first-order valence-electron chi connectivity index (χ1n) is 5.69. The van der Waals surface area contributed by atoms with Crippen LogP contribution in [0.15, 0.2) is 18.2 Å². The maximum atomic E-state index is 10.1. The van der Waals surface area contributed by atoms with Crippen LogP contribution in [0, 0.1) is 13.8 Å². The van der Waals surface area contributed by atoms with Crippen molar-refractivity contribution in [2.45, 2.75) is 45.5 Å². The fourth-order valence-electron chi connectivity index (χ4n) is 1.62. The van der Waals surface area contributed by atoms with Gasteiger partial charge in [0.05, 0.1) is 6.10 Å². The van der Waals surface area contributed by atoms with Crippen molar-refractivity contribution >= 4 is 11.8 Å². The van der Waals surface area contributed by atoms with Gasteiger partial charge >= 0.3 is 0 Å². The van der Waals surface area contributed by atoms with Gasteiger partial charge in [-0.25, -0.2) is 0 Å². The molecule has 0 aromatic heterocycles. The summed E-state index contributed by atoms with van der Waals surface area (Å²) >= 11 is 1.80. The summed E-state index contributed by atoms with van der Waals surface area (Å²) in [6.45, 7) is 10.7. The van der Waals surface area contributed by atoms with Gasteiger partial charge in [0.1, 0.15) is 0 Å². The van der Waals surface area contributed by atoms with Gasteiger partial charge in [-0.2, -0.15) is 11.8 Å². The summed E-state index contributed by atoms with van der Waals surface area (Å²) in [5, 5.41) is 10.1. The maximum absolute atomic E-state index is 10.1. The summed E-state index contributed by atoms with van der Waals surface area (Å²) in [6, 6.07) is 6.23. The van der Waals surface area contributed by atoms with E-state index >= 15 is 0 Å². The Labute approximate surface area is 103 Å². The van der Waals surface area contributed by atoms with E-state index in [-0.39, 0.29) is 10.9 Å². The molecular formula is C14H22OS. The van der Waals surface area contributed by atoms with Crippen molar-refractivity contribution < 1.29 is 5.11 Å². The Balaban J connectivity index is 2.70. The van der Waals surface area contributed by atoms with Crippen molar-refractivity contribution in [2.24, 2.45) is 0 Å². The lowest BCUT2D eigenvalue weighted by molar-refractivity contribution is 0.203. The molecule has 1 rings (SSSR count). The van der Waals surface area contributed by atoms with Crippen LogP contribution < -0.4 is 0 Å². The standard InChI is InChI=1S/C14H22OS/c1-10-6-7-12(11(2)8-10)13(15)9-16-14(3,4)5/h6-8,13,15H,9H2,1-5H3. The Kier molecular flexibility index (Phi) is 4.45. The van der Waals surface area contributed by atoms with E-state index in [0.717, 1.165) is 11.3 Å². The van der Waals surface area contributed by atoms with Gasteiger partial charge in [0.2, 0.25) is 0 Å². The van der Waals surface area contributed by atoms with Gasteiger partial charge in [-0.05, 0) is 25.0 Å². The van der Waals surface area contributed by atoms with Crippen LogP contribution in [0.25, 0.3) is 0 Å². The average Bonchev–Trinajstić information content (AvgIpc) is 2.13. The lowest BCUT2D eigenvalue weighted by Gasteiger charge is -2.21. The summed E-state index contributed by atoms with van der Waals surface area (Å²) < 4.78 is 0.208. The molecule has 0 heterocycles. The third-order valence-electron chi connectivity index (χ3n) is 2.46. The minimum Gasteiger partial charge on any atom is -0.388 e. The first-order chi connectivity index (χ1) is 7.29. The second kappa shape index (κ2) is 5.24. The lowest BCUT2D eigenvalue weighted by Crippen LogP contribution is -2.12. The molecule has 1 N–H and O–H groups in total. The highest BCUT2D eigenvalue weighted by Crippen LogP contribution is 2.29. The minimum atomic E-state index is -0.357. The molecule has 0 radical (unpaired) electrons. The molecule has 16 heavy (non-hydrogen) atoms. The highest BCUT2D eigenvalue weighted by atomic mass is 32.2. The van der Waals surface area contributed by atoms with Crippen molar-refractivity contribution in [3.05, 3.63) is 34.9 Å². The number of hydrogen-bond acceptors (Lipinski definition) is 2. The highest BCUT2D eigenvalue weighted by molar-refractivity contribution is 8.00. The van der Waals surface area contributed by atoms with Crippen LogP contribution in [-0.2, 0) is 0 Å². The molecule has 2 heteroatoms. The number of aliphatic hydroxyl groups excluding tert-OH is 1. The Morgan fingerprint density at radius 3 is 2.38 bits per heavy atom. The van der Waals surface area contributed by atoms with Gasteiger partial charge in [0, 0.05) is 10.5 Å². The molecule has 1 unspecified atom stereocenters. The number of rotatable bonds is 3. The maximum Gasteiger partial charge on any atom is 0.0883 e. The summed E-state index contributed by atoms with van der Waals surface area (Å²) in [4.78, 5) is 0. The second-order valence-electron chi connectivity index (χ2n) is 5.30. The zero-order valence-corrected chi connectivity index (χ0v) is 11.7. The average molecular weight is 238 g/mol. The van der Waals surface area contributed by atoms with Gasteiger partial charge < -0.3 is 5.11 Å². The first kappa shape index (κ1) is 13.6. The lowest BCUT2D eigenvalue weighted by atomic mass is 10.0. The van der Waals surface area contributed by atoms with Crippen LogP contribution in [0.1, 0.15) is 43.6 Å². The topological polar surface area (TPSA) is 20.2 Å². The third kappa shape index (κ3) is 4.18. The molecule has 1 aromatic rings. The normalized spacial score (nSPS) is 13.9. The van der Waals surface area contributed by atoms with Gasteiger partial charge in [0.15, 0.2) is 0 Å². The monoisotopic (exact) mass is 238 g/mol. The second-order valence-corrected chi connectivity index (χ2v) is 7.15. The number of aliphatic hydroxyl groups is 1. The van der Waals surface area contributed by atoms with E-state index in [2.05, 4.69) is 46.8 Å². The van der Waals surface area contributed by atoms with E-state index in [4.69, 9.17) is 0 Å². The molecule has 0 fully saturated rings. The Hall–Kier alpha value is -0.470. The molecule has 0 amide bonds. The number of thioether (sulfide) groups is 1. The number of hydrogen-bond donors (Lipinski definition) is 1. The molecule has 1 atom stereocenters. The van der Waals surface area contributed by atoms with Crippen molar-refractivity contribution in [3.63, 3.8) is 0 Å². The third-order valence-corrected chi connectivity index (χ3v) is 3.81. The zero-order valence-electron chi connectivity index (χ0n) is 10.9. The largest absolute Gasteiger partial charge is 0.388 e. The number of aryl methyl sites for hydroxylation is 2. The molecule has 1 aromatic carbocycles. The van der Waals surface area contributed by atoms with Crippen molar-refractivity contribution in [2.75, 3.05) is 5.75 Å².